The summed E-state index contributed by atoms with van der Waals surface area (Å²) in [5.41, 5.74) is 3.57. The molecule has 0 heterocycles. The molecule has 78 valence electrons. The fraction of sp³-hybridized carbons (Fsp3) is 1.00. The molecule has 0 spiro atoms. The van der Waals surface area contributed by atoms with Crippen molar-refractivity contribution in [2.45, 2.75) is 36.4 Å². The smallest absolute Gasteiger partial charge is 0.118 e. The highest BCUT2D eigenvalue weighted by atomic mass is 16.4. The first kappa shape index (κ1) is 10.8. The van der Waals surface area contributed by atoms with Crippen LogP contribution in [-0.2, 0) is 0 Å². The zero-order valence-corrected chi connectivity index (χ0v) is 7.04. The van der Waals surface area contributed by atoms with E-state index in [1.807, 2.05) is 0 Å². The Morgan fingerprint density at radius 3 is 2.23 bits per heavy atom. The van der Waals surface area contributed by atoms with Gasteiger partial charge in [-0.3, -0.25) is 0 Å². The average Bonchev–Trinajstić information content (AvgIpc) is 2.12. The largest absolute Gasteiger partial charge is 0.393 e. The molecule has 0 amide bonds. The van der Waals surface area contributed by atoms with Crippen molar-refractivity contribution in [3.05, 3.63) is 0 Å². The minimum Gasteiger partial charge on any atom is -0.393 e. The first-order chi connectivity index (χ1) is 5.92. The third-order valence-electron chi connectivity index (χ3n) is 2.53. The second-order valence-electron chi connectivity index (χ2n) is 3.56. The van der Waals surface area contributed by atoms with Crippen LogP contribution in [0.15, 0.2) is 0 Å². The van der Waals surface area contributed by atoms with Crippen LogP contribution in [0.3, 0.4) is 0 Å². The van der Waals surface area contributed by atoms with Crippen LogP contribution in [0.4, 0.5) is 0 Å². The Bertz CT molecular complexity index is 190. The number of nitrogens with two attached hydrogens (primary N) is 1. The molecule has 0 aromatic rings. The Balaban J connectivity index is 2.82. The van der Waals surface area contributed by atoms with Gasteiger partial charge in [-0.15, -0.1) is 0 Å². The van der Waals surface area contributed by atoms with Crippen LogP contribution in [-0.4, -0.2) is 62.1 Å². The number of aliphatic hydroxyl groups excluding tert-OH is 4. The maximum atomic E-state index is 9.56. The summed E-state index contributed by atoms with van der Waals surface area (Å²) < 4.78 is 0. The second-order valence-corrected chi connectivity index (χ2v) is 3.56. The third kappa shape index (κ3) is 1.69. The molecule has 1 fully saturated rings. The molecule has 0 aliphatic heterocycles. The first-order valence-electron chi connectivity index (χ1n) is 4.05. The molecule has 0 unspecified atom stereocenters. The van der Waals surface area contributed by atoms with Crippen LogP contribution in [0.25, 0.3) is 0 Å². The molecule has 1 saturated carbocycles. The van der Waals surface area contributed by atoms with Crippen LogP contribution in [0.1, 0.15) is 6.42 Å². The zero-order chi connectivity index (χ0) is 10.2. The summed E-state index contributed by atoms with van der Waals surface area (Å²) in [6.45, 7) is -0.703. The highest BCUT2D eigenvalue weighted by Gasteiger charge is 2.49. The number of rotatable bonds is 1. The summed E-state index contributed by atoms with van der Waals surface area (Å²) in [7, 11) is 0. The molecule has 0 radical (unpaired) electrons. The van der Waals surface area contributed by atoms with Gasteiger partial charge in [0.1, 0.15) is 17.8 Å². The van der Waals surface area contributed by atoms with E-state index in [0.717, 1.165) is 0 Å². The first-order valence-corrected chi connectivity index (χ1v) is 4.05. The lowest BCUT2D eigenvalue weighted by Gasteiger charge is -2.43. The van der Waals surface area contributed by atoms with Gasteiger partial charge in [-0.2, -0.15) is 0 Å². The van der Waals surface area contributed by atoms with Crippen molar-refractivity contribution in [2.24, 2.45) is 5.73 Å². The van der Waals surface area contributed by atoms with Crippen molar-refractivity contribution < 1.29 is 25.5 Å². The fourth-order valence-electron chi connectivity index (χ4n) is 1.57. The fourth-order valence-corrected chi connectivity index (χ4v) is 1.57. The summed E-state index contributed by atoms with van der Waals surface area (Å²) in [6, 6.07) is -0.851. The lowest BCUT2D eigenvalue weighted by atomic mass is 9.77. The van der Waals surface area contributed by atoms with E-state index in [1.165, 1.54) is 0 Å². The molecule has 0 saturated heterocycles. The van der Waals surface area contributed by atoms with E-state index in [-0.39, 0.29) is 6.42 Å². The van der Waals surface area contributed by atoms with Gasteiger partial charge >= 0.3 is 0 Å². The predicted molar refractivity (Wildman–Crippen MR) is 42.6 cm³/mol. The third-order valence-corrected chi connectivity index (χ3v) is 2.53. The Labute approximate surface area is 75.2 Å². The van der Waals surface area contributed by atoms with Crippen molar-refractivity contribution in [1.82, 2.24) is 0 Å². The molecule has 0 aromatic carbocycles. The SMILES string of the molecule is N[C@@H]1C[C@](O)(CO)[C@@H](O)[C@H](O)[C@@H]1O. The lowest BCUT2D eigenvalue weighted by molar-refractivity contribution is -0.203. The van der Waals surface area contributed by atoms with E-state index in [9.17, 15) is 20.4 Å². The van der Waals surface area contributed by atoms with Crippen LogP contribution in [0.2, 0.25) is 0 Å². The molecule has 6 heteroatoms. The van der Waals surface area contributed by atoms with Gasteiger partial charge < -0.3 is 31.3 Å². The highest BCUT2D eigenvalue weighted by molar-refractivity contribution is 5.03. The van der Waals surface area contributed by atoms with Crippen molar-refractivity contribution in [3.63, 3.8) is 0 Å². The minimum atomic E-state index is -1.82. The number of aliphatic hydroxyl groups is 5. The van der Waals surface area contributed by atoms with Crippen molar-refractivity contribution in [1.29, 1.82) is 0 Å². The Hall–Kier alpha value is -0.240. The van der Waals surface area contributed by atoms with Crippen molar-refractivity contribution in [3.8, 4) is 0 Å². The maximum Gasteiger partial charge on any atom is 0.118 e. The predicted octanol–water partition coefficient (Wildman–Crippen LogP) is -3.48. The molecule has 1 aliphatic carbocycles. The van der Waals surface area contributed by atoms with Gasteiger partial charge in [0, 0.05) is 6.04 Å². The van der Waals surface area contributed by atoms with Gasteiger partial charge in [-0.05, 0) is 6.42 Å². The van der Waals surface area contributed by atoms with Gasteiger partial charge in [0.25, 0.3) is 0 Å². The summed E-state index contributed by atoms with van der Waals surface area (Å²) >= 11 is 0. The lowest BCUT2D eigenvalue weighted by Crippen LogP contribution is -2.66. The molecule has 1 aliphatic rings. The van der Waals surface area contributed by atoms with Crippen LogP contribution in [0, 0.1) is 0 Å². The van der Waals surface area contributed by atoms with E-state index in [4.69, 9.17) is 10.8 Å². The molecule has 7 N–H and O–H groups in total. The van der Waals surface area contributed by atoms with Crippen LogP contribution >= 0.6 is 0 Å². The van der Waals surface area contributed by atoms with Gasteiger partial charge in [-0.1, -0.05) is 0 Å². The Kier molecular flexibility index (Phi) is 2.91. The van der Waals surface area contributed by atoms with Crippen molar-refractivity contribution in [2.75, 3.05) is 6.61 Å². The summed E-state index contributed by atoms with van der Waals surface area (Å²) in [6.07, 6.45) is -4.53. The maximum absolute atomic E-state index is 9.56. The van der Waals surface area contributed by atoms with Gasteiger partial charge in [0.2, 0.25) is 0 Å². The zero-order valence-electron chi connectivity index (χ0n) is 7.04. The van der Waals surface area contributed by atoms with E-state index in [2.05, 4.69) is 0 Å². The Morgan fingerprint density at radius 2 is 1.77 bits per heavy atom. The van der Waals surface area contributed by atoms with Crippen molar-refractivity contribution >= 4 is 0 Å². The van der Waals surface area contributed by atoms with Crippen LogP contribution < -0.4 is 5.73 Å². The monoisotopic (exact) mass is 193 g/mol. The number of hydrogen-bond acceptors (Lipinski definition) is 6. The second kappa shape index (κ2) is 3.49. The van der Waals surface area contributed by atoms with Crippen LogP contribution in [0.5, 0.6) is 0 Å². The summed E-state index contributed by atoms with van der Waals surface area (Å²) in [4.78, 5) is 0. The van der Waals surface area contributed by atoms with Gasteiger partial charge in [0.05, 0.1) is 12.7 Å². The molecular formula is C7H15NO5. The molecular weight excluding hydrogens is 178 g/mol. The van der Waals surface area contributed by atoms with Gasteiger partial charge in [0.15, 0.2) is 0 Å². The van der Waals surface area contributed by atoms with Gasteiger partial charge in [-0.25, -0.2) is 0 Å². The molecule has 0 bridgehead atoms. The molecule has 0 aromatic heterocycles. The molecule has 5 atom stereocenters. The number of hydrogen-bond donors (Lipinski definition) is 6. The van der Waals surface area contributed by atoms with E-state index >= 15 is 0 Å². The topological polar surface area (TPSA) is 127 Å². The molecule has 13 heavy (non-hydrogen) atoms. The van der Waals surface area contributed by atoms with E-state index in [1.54, 1.807) is 0 Å². The molecule has 6 nitrogen and oxygen atoms in total. The summed E-state index contributed by atoms with van der Waals surface area (Å²) in [5, 5.41) is 46.1. The standard InChI is InChI=1S/C7H15NO5/c8-3-1-7(13,2-9)6(12)5(11)4(3)10/h3-6,9-13H,1-2,8H2/t3-,4-,5-,6+,7+/m1/s1. The van der Waals surface area contributed by atoms with E-state index < -0.39 is 36.6 Å². The Morgan fingerprint density at radius 1 is 1.23 bits per heavy atom. The average molecular weight is 193 g/mol. The quantitative estimate of drug-likeness (QED) is 0.257. The normalized spacial score (nSPS) is 52.2. The minimum absolute atomic E-state index is 0.150. The summed E-state index contributed by atoms with van der Waals surface area (Å²) in [5.74, 6) is 0. The highest BCUT2D eigenvalue weighted by Crippen LogP contribution is 2.28. The van der Waals surface area contributed by atoms with E-state index in [0.29, 0.717) is 0 Å². The molecule has 1 rings (SSSR count).